The largest absolute Gasteiger partial charge is 0.497 e. The molecule has 2 amide bonds. The van der Waals surface area contributed by atoms with E-state index in [1.54, 1.807) is 7.11 Å². The zero-order chi connectivity index (χ0) is 21.4. The predicted octanol–water partition coefficient (Wildman–Crippen LogP) is 5.07. The Labute approximate surface area is 181 Å². The second kappa shape index (κ2) is 7.88. The van der Waals surface area contributed by atoms with Crippen molar-refractivity contribution in [3.05, 3.63) is 102 Å². The van der Waals surface area contributed by atoms with Crippen LogP contribution in [0.5, 0.6) is 5.75 Å². The molecule has 154 valence electrons. The molecule has 1 heterocycles. The van der Waals surface area contributed by atoms with Crippen LogP contribution < -0.4 is 9.64 Å². The van der Waals surface area contributed by atoms with Crippen molar-refractivity contribution in [2.75, 3.05) is 12.0 Å². The topological polar surface area (TPSA) is 46.6 Å². The number of ether oxygens (including phenoxy) is 1. The smallest absolute Gasteiger partial charge is 0.238 e. The van der Waals surface area contributed by atoms with Crippen molar-refractivity contribution in [2.45, 2.75) is 12.3 Å². The van der Waals surface area contributed by atoms with Crippen molar-refractivity contribution in [3.8, 4) is 5.75 Å². The third kappa shape index (κ3) is 3.34. The Morgan fingerprint density at radius 1 is 0.806 bits per heavy atom. The molecule has 0 bridgehead atoms. The number of para-hydroxylation sites is 1. The number of nitrogens with zero attached hydrogens (tertiary/aromatic N) is 1. The number of carbonyl (C=O) groups excluding carboxylic acids is 2. The van der Waals surface area contributed by atoms with Gasteiger partial charge in [-0.3, -0.25) is 14.5 Å². The van der Waals surface area contributed by atoms with Gasteiger partial charge in [-0.1, -0.05) is 66.7 Å². The standard InChI is InChI=1S/C27H23NO3/c1-31-22-14-12-19(13-15-22)23-16-20(18-8-4-2-5-9-18)17-24-25(23)27(30)28(26(24)29)21-10-6-3-7-11-21/h2-16,23-25H,17H2,1H3/t23-,24-,25+/m0/s1. The Hall–Kier alpha value is -3.66. The highest BCUT2D eigenvalue weighted by Gasteiger charge is 2.53. The molecule has 31 heavy (non-hydrogen) atoms. The molecule has 1 aliphatic heterocycles. The zero-order valence-corrected chi connectivity index (χ0v) is 17.3. The number of carbonyl (C=O) groups is 2. The van der Waals surface area contributed by atoms with Crippen molar-refractivity contribution in [2.24, 2.45) is 11.8 Å². The lowest BCUT2D eigenvalue weighted by Gasteiger charge is -2.30. The number of amides is 2. The van der Waals surface area contributed by atoms with Gasteiger partial charge in [-0.15, -0.1) is 0 Å². The van der Waals surface area contributed by atoms with E-state index in [9.17, 15) is 9.59 Å². The van der Waals surface area contributed by atoms with E-state index in [0.29, 0.717) is 12.1 Å². The highest BCUT2D eigenvalue weighted by molar-refractivity contribution is 6.23. The first kappa shape index (κ1) is 19.3. The number of rotatable bonds is 4. The maximum Gasteiger partial charge on any atom is 0.238 e. The normalized spacial score (nSPS) is 22.8. The SMILES string of the molecule is COc1ccc([C@@H]2C=C(c3ccccc3)C[C@@H]3C(=O)N(c4ccccc4)C(=O)[C@@H]32)cc1. The highest BCUT2D eigenvalue weighted by atomic mass is 16.5. The molecule has 0 spiro atoms. The summed E-state index contributed by atoms with van der Waals surface area (Å²) in [7, 11) is 1.63. The summed E-state index contributed by atoms with van der Waals surface area (Å²) in [5.74, 6) is -0.423. The minimum absolute atomic E-state index is 0.110. The molecule has 3 atom stereocenters. The van der Waals surface area contributed by atoms with Gasteiger partial charge in [-0.25, -0.2) is 0 Å². The van der Waals surface area contributed by atoms with Crippen molar-refractivity contribution in [1.29, 1.82) is 0 Å². The lowest BCUT2D eigenvalue weighted by molar-refractivity contribution is -0.122. The molecule has 1 fully saturated rings. The number of allylic oxidation sites excluding steroid dienone is 2. The molecule has 4 nitrogen and oxygen atoms in total. The highest BCUT2D eigenvalue weighted by Crippen LogP contribution is 2.48. The lowest BCUT2D eigenvalue weighted by Crippen LogP contribution is -2.31. The van der Waals surface area contributed by atoms with E-state index >= 15 is 0 Å². The van der Waals surface area contributed by atoms with Crippen molar-refractivity contribution in [3.63, 3.8) is 0 Å². The van der Waals surface area contributed by atoms with Crippen LogP contribution in [0.4, 0.5) is 5.69 Å². The lowest BCUT2D eigenvalue weighted by atomic mass is 9.70. The number of fused-ring (bicyclic) bond motifs is 1. The fraction of sp³-hybridized carbons (Fsp3) is 0.185. The van der Waals surface area contributed by atoms with Crippen LogP contribution in [0, 0.1) is 11.8 Å². The zero-order valence-electron chi connectivity index (χ0n) is 17.3. The van der Waals surface area contributed by atoms with Crippen LogP contribution in [0.2, 0.25) is 0 Å². The van der Waals surface area contributed by atoms with Gasteiger partial charge in [-0.2, -0.15) is 0 Å². The first-order chi connectivity index (χ1) is 15.2. The minimum Gasteiger partial charge on any atom is -0.497 e. The summed E-state index contributed by atoms with van der Waals surface area (Å²) in [6.45, 7) is 0. The molecule has 5 rings (SSSR count). The van der Waals surface area contributed by atoms with E-state index in [4.69, 9.17) is 4.74 Å². The summed E-state index contributed by atoms with van der Waals surface area (Å²) in [5, 5.41) is 0. The van der Waals surface area contributed by atoms with Gasteiger partial charge in [0, 0.05) is 5.92 Å². The maximum absolute atomic E-state index is 13.6. The van der Waals surface area contributed by atoms with E-state index in [0.717, 1.165) is 22.4 Å². The van der Waals surface area contributed by atoms with Gasteiger partial charge in [0.15, 0.2) is 0 Å². The maximum atomic E-state index is 13.6. The van der Waals surface area contributed by atoms with Crippen LogP contribution in [0.3, 0.4) is 0 Å². The van der Waals surface area contributed by atoms with Crippen molar-refractivity contribution < 1.29 is 14.3 Å². The monoisotopic (exact) mass is 409 g/mol. The molecule has 3 aromatic rings. The van der Waals surface area contributed by atoms with Gasteiger partial charge >= 0.3 is 0 Å². The number of anilines is 1. The van der Waals surface area contributed by atoms with Gasteiger partial charge < -0.3 is 4.74 Å². The molecule has 0 unspecified atom stereocenters. The summed E-state index contributed by atoms with van der Waals surface area (Å²) in [4.78, 5) is 28.4. The number of hydrogen-bond donors (Lipinski definition) is 0. The van der Waals surface area contributed by atoms with Crippen LogP contribution in [0.1, 0.15) is 23.5 Å². The van der Waals surface area contributed by atoms with E-state index < -0.39 is 5.92 Å². The number of hydrogen-bond acceptors (Lipinski definition) is 3. The average Bonchev–Trinajstić information content (AvgIpc) is 3.09. The van der Waals surface area contributed by atoms with E-state index in [1.807, 2.05) is 72.8 Å². The molecule has 0 N–H and O–H groups in total. The van der Waals surface area contributed by atoms with Gasteiger partial charge in [-0.05, 0) is 47.4 Å². The fourth-order valence-corrected chi connectivity index (χ4v) is 4.82. The molecule has 0 radical (unpaired) electrons. The third-order valence-electron chi connectivity index (χ3n) is 6.34. The summed E-state index contributed by atoms with van der Waals surface area (Å²) >= 11 is 0. The van der Waals surface area contributed by atoms with Crippen LogP contribution >= 0.6 is 0 Å². The van der Waals surface area contributed by atoms with Crippen LogP contribution in [0.25, 0.3) is 5.57 Å². The molecule has 3 aromatic carbocycles. The Kier molecular flexibility index (Phi) is 4.91. The van der Waals surface area contributed by atoms with Crippen LogP contribution in [-0.2, 0) is 9.59 Å². The van der Waals surface area contributed by atoms with Crippen LogP contribution in [0.15, 0.2) is 91.0 Å². The quantitative estimate of drug-likeness (QED) is 0.565. The second-order valence-corrected chi connectivity index (χ2v) is 8.04. The van der Waals surface area contributed by atoms with Gasteiger partial charge in [0.2, 0.25) is 11.8 Å². The molecule has 1 saturated heterocycles. The molecule has 4 heteroatoms. The van der Waals surface area contributed by atoms with E-state index in [2.05, 4.69) is 18.2 Å². The summed E-state index contributed by atoms with van der Waals surface area (Å²) in [6.07, 6.45) is 2.74. The summed E-state index contributed by atoms with van der Waals surface area (Å²) in [6, 6.07) is 27.2. The van der Waals surface area contributed by atoms with Gasteiger partial charge in [0.05, 0.1) is 24.6 Å². The molecule has 2 aliphatic rings. The average molecular weight is 409 g/mol. The Bertz CT molecular complexity index is 1140. The molecule has 1 aliphatic carbocycles. The Morgan fingerprint density at radius 2 is 1.45 bits per heavy atom. The second-order valence-electron chi connectivity index (χ2n) is 8.04. The molecular weight excluding hydrogens is 386 g/mol. The number of benzene rings is 3. The van der Waals surface area contributed by atoms with Gasteiger partial charge in [0.1, 0.15) is 5.75 Å². The summed E-state index contributed by atoms with van der Waals surface area (Å²) < 4.78 is 5.30. The predicted molar refractivity (Wildman–Crippen MR) is 121 cm³/mol. The summed E-state index contributed by atoms with van der Waals surface area (Å²) in [5.41, 5.74) is 3.86. The van der Waals surface area contributed by atoms with Gasteiger partial charge in [0.25, 0.3) is 0 Å². The van der Waals surface area contributed by atoms with E-state index in [1.165, 1.54) is 4.90 Å². The minimum atomic E-state index is -0.409. The number of imide groups is 1. The molecule has 0 aromatic heterocycles. The first-order valence-corrected chi connectivity index (χ1v) is 10.5. The Morgan fingerprint density at radius 3 is 2.10 bits per heavy atom. The van der Waals surface area contributed by atoms with Crippen molar-refractivity contribution in [1.82, 2.24) is 0 Å². The number of methoxy groups -OCH3 is 1. The third-order valence-corrected chi connectivity index (χ3v) is 6.34. The van der Waals surface area contributed by atoms with Crippen LogP contribution in [-0.4, -0.2) is 18.9 Å². The molecule has 0 saturated carbocycles. The van der Waals surface area contributed by atoms with Crippen molar-refractivity contribution >= 4 is 23.1 Å². The first-order valence-electron chi connectivity index (χ1n) is 10.5. The Balaban J connectivity index is 1.60. The fourth-order valence-electron chi connectivity index (χ4n) is 4.82. The van der Waals surface area contributed by atoms with E-state index in [-0.39, 0.29) is 23.7 Å². The molecular formula is C27H23NO3.